The van der Waals surface area contributed by atoms with Crippen molar-refractivity contribution in [3.05, 3.63) is 181 Å². The molecule has 0 fully saturated rings. The van der Waals surface area contributed by atoms with Gasteiger partial charge in [-0.1, -0.05) is 66.8 Å². The minimum Gasteiger partial charge on any atom is -0.362 e. The Bertz CT molecular complexity index is 1960. The molecule has 3 heterocycles. The van der Waals surface area contributed by atoms with Gasteiger partial charge in [-0.25, -0.2) is 0 Å². The molecular formula is C41H35N5. The third kappa shape index (κ3) is 6.17. The zero-order valence-corrected chi connectivity index (χ0v) is 25.7. The number of nitrogens with one attached hydrogen (secondary N) is 1. The van der Waals surface area contributed by atoms with Crippen molar-refractivity contribution in [3.8, 4) is 11.1 Å². The lowest BCUT2D eigenvalue weighted by molar-refractivity contribution is 0.820. The van der Waals surface area contributed by atoms with E-state index in [4.69, 9.17) is 0 Å². The van der Waals surface area contributed by atoms with Gasteiger partial charge in [0.15, 0.2) is 0 Å². The predicted octanol–water partition coefficient (Wildman–Crippen LogP) is 10.2. The molecule has 0 saturated heterocycles. The van der Waals surface area contributed by atoms with Gasteiger partial charge in [0, 0.05) is 66.2 Å². The van der Waals surface area contributed by atoms with Crippen LogP contribution in [0, 0.1) is 0 Å². The first-order valence-electron chi connectivity index (χ1n) is 15.6. The van der Waals surface area contributed by atoms with E-state index in [2.05, 4.69) is 123 Å². The summed E-state index contributed by atoms with van der Waals surface area (Å²) in [5.74, 6) is 0.334. The Kier molecular flexibility index (Phi) is 8.37. The molecule has 5 nitrogen and oxygen atoms in total. The summed E-state index contributed by atoms with van der Waals surface area (Å²) in [5.41, 5.74) is 11.7. The van der Waals surface area contributed by atoms with Crippen molar-refractivity contribution >= 4 is 34.5 Å². The van der Waals surface area contributed by atoms with E-state index < -0.39 is 0 Å². The SMILES string of the molecule is CN(c1cccnc1)c1cc(N/C=C/C=C\C=C/c2cccnc2)cc(-c2ccc3c(c2)C2CC=CC=C2N3c2ccccc2)c1. The Labute approximate surface area is 270 Å². The summed E-state index contributed by atoms with van der Waals surface area (Å²) in [4.78, 5) is 13.1. The maximum atomic E-state index is 4.35. The molecule has 1 atom stereocenters. The molecule has 0 bridgehead atoms. The Morgan fingerprint density at radius 3 is 2.46 bits per heavy atom. The van der Waals surface area contributed by atoms with Gasteiger partial charge >= 0.3 is 0 Å². The number of pyridine rings is 2. The summed E-state index contributed by atoms with van der Waals surface area (Å²) in [6.45, 7) is 0. The van der Waals surface area contributed by atoms with Crippen LogP contribution in [0.15, 0.2) is 170 Å². The largest absolute Gasteiger partial charge is 0.362 e. The fraction of sp³-hybridized carbons (Fsp3) is 0.0732. The number of rotatable bonds is 9. The van der Waals surface area contributed by atoms with Crippen molar-refractivity contribution in [3.63, 3.8) is 0 Å². The molecule has 1 unspecified atom stereocenters. The first-order valence-corrected chi connectivity index (χ1v) is 15.6. The lowest BCUT2D eigenvalue weighted by Gasteiger charge is -2.24. The molecule has 0 saturated carbocycles. The molecule has 224 valence electrons. The molecule has 5 heteroatoms. The third-order valence-electron chi connectivity index (χ3n) is 8.37. The average molecular weight is 598 g/mol. The number of nitrogens with zero attached hydrogens (tertiary/aromatic N) is 4. The summed E-state index contributed by atoms with van der Waals surface area (Å²) in [7, 11) is 2.08. The fourth-order valence-corrected chi connectivity index (χ4v) is 6.08. The first kappa shape index (κ1) is 28.8. The van der Waals surface area contributed by atoms with E-state index in [-0.39, 0.29) is 0 Å². The van der Waals surface area contributed by atoms with Gasteiger partial charge in [0.1, 0.15) is 0 Å². The summed E-state index contributed by atoms with van der Waals surface area (Å²) < 4.78 is 0. The Morgan fingerprint density at radius 2 is 1.63 bits per heavy atom. The van der Waals surface area contributed by atoms with Crippen LogP contribution in [0.3, 0.4) is 0 Å². The van der Waals surface area contributed by atoms with E-state index in [1.807, 2.05) is 67.2 Å². The van der Waals surface area contributed by atoms with Gasteiger partial charge in [-0.15, -0.1) is 0 Å². The van der Waals surface area contributed by atoms with Crippen LogP contribution in [0.2, 0.25) is 0 Å². The number of fused-ring (bicyclic) bond motifs is 3. The Balaban J connectivity index is 1.20. The van der Waals surface area contributed by atoms with Gasteiger partial charge in [-0.3, -0.25) is 9.97 Å². The van der Waals surface area contributed by atoms with Crippen molar-refractivity contribution in [2.75, 3.05) is 22.2 Å². The second-order valence-corrected chi connectivity index (χ2v) is 11.3. The molecule has 0 amide bonds. The minimum absolute atomic E-state index is 0.334. The Morgan fingerprint density at radius 1 is 0.783 bits per heavy atom. The van der Waals surface area contributed by atoms with Crippen molar-refractivity contribution in [2.24, 2.45) is 0 Å². The number of hydrogen-bond acceptors (Lipinski definition) is 5. The van der Waals surface area contributed by atoms with Crippen LogP contribution in [-0.4, -0.2) is 17.0 Å². The van der Waals surface area contributed by atoms with E-state index in [9.17, 15) is 0 Å². The van der Waals surface area contributed by atoms with E-state index in [1.165, 1.54) is 28.2 Å². The monoisotopic (exact) mass is 597 g/mol. The molecule has 2 aromatic heterocycles. The van der Waals surface area contributed by atoms with Crippen molar-refractivity contribution in [1.29, 1.82) is 0 Å². The van der Waals surface area contributed by atoms with E-state index in [0.29, 0.717) is 5.92 Å². The number of anilines is 5. The predicted molar refractivity (Wildman–Crippen MR) is 193 cm³/mol. The lowest BCUT2D eigenvalue weighted by atomic mass is 9.90. The summed E-state index contributed by atoms with van der Waals surface area (Å²) in [5, 5.41) is 3.50. The van der Waals surface area contributed by atoms with E-state index in [0.717, 1.165) is 34.6 Å². The van der Waals surface area contributed by atoms with Gasteiger partial charge in [0.05, 0.1) is 11.9 Å². The van der Waals surface area contributed by atoms with Crippen molar-refractivity contribution in [2.45, 2.75) is 12.3 Å². The number of aromatic nitrogens is 2. The highest BCUT2D eigenvalue weighted by atomic mass is 15.2. The molecule has 0 spiro atoms. The highest BCUT2D eigenvalue weighted by molar-refractivity contribution is 5.84. The van der Waals surface area contributed by atoms with Gasteiger partial charge in [-0.2, -0.15) is 0 Å². The van der Waals surface area contributed by atoms with Gasteiger partial charge in [0.2, 0.25) is 0 Å². The molecule has 2 aliphatic rings. The smallest absolute Gasteiger partial charge is 0.0594 e. The van der Waals surface area contributed by atoms with Crippen LogP contribution in [0.25, 0.3) is 17.2 Å². The zero-order valence-electron chi connectivity index (χ0n) is 25.7. The van der Waals surface area contributed by atoms with E-state index in [1.54, 1.807) is 12.4 Å². The molecule has 5 aromatic rings. The van der Waals surface area contributed by atoms with Crippen molar-refractivity contribution in [1.82, 2.24) is 9.97 Å². The molecule has 1 N–H and O–H groups in total. The normalized spacial score (nSPS) is 15.4. The molecule has 1 aliphatic carbocycles. The lowest BCUT2D eigenvalue weighted by Crippen LogP contribution is -2.14. The molecule has 3 aromatic carbocycles. The summed E-state index contributed by atoms with van der Waals surface area (Å²) >= 11 is 0. The van der Waals surface area contributed by atoms with Gasteiger partial charge < -0.3 is 15.1 Å². The van der Waals surface area contributed by atoms with Crippen LogP contribution < -0.4 is 15.1 Å². The third-order valence-corrected chi connectivity index (χ3v) is 8.37. The summed E-state index contributed by atoms with van der Waals surface area (Å²) in [6, 6.07) is 32.3. The second-order valence-electron chi connectivity index (χ2n) is 11.3. The van der Waals surface area contributed by atoms with E-state index >= 15 is 0 Å². The van der Waals surface area contributed by atoms with Crippen LogP contribution in [0.5, 0.6) is 0 Å². The maximum Gasteiger partial charge on any atom is 0.0594 e. The molecule has 46 heavy (non-hydrogen) atoms. The summed E-state index contributed by atoms with van der Waals surface area (Å²) in [6.07, 6.45) is 27.1. The molecule has 7 rings (SSSR count). The molecule has 1 aliphatic heterocycles. The maximum absolute atomic E-state index is 4.35. The molecule has 0 radical (unpaired) electrons. The van der Waals surface area contributed by atoms with Crippen LogP contribution >= 0.6 is 0 Å². The standard InChI is InChI=1S/C41H35N5/c1-45(36-17-12-23-43-30-36)37-26-33(25-34(28-37)44-24-10-3-2-5-13-31-14-11-22-42-29-31)32-20-21-41-39(27-32)38-18-8-9-19-40(38)46(41)35-15-6-4-7-16-35/h2-17,19-30,38,44H,18H2,1H3/b3-2-,13-5-,24-10+. The first-order chi connectivity index (χ1) is 22.7. The van der Waals surface area contributed by atoms with Gasteiger partial charge in [-0.05, 0) is 101 Å². The number of hydrogen-bond donors (Lipinski definition) is 1. The highest BCUT2D eigenvalue weighted by Gasteiger charge is 2.35. The Hall–Kier alpha value is -5.94. The second kappa shape index (κ2) is 13.4. The average Bonchev–Trinajstić information content (AvgIpc) is 3.45. The quantitative estimate of drug-likeness (QED) is 0.171. The van der Waals surface area contributed by atoms with Crippen LogP contribution in [0.1, 0.15) is 23.5 Å². The van der Waals surface area contributed by atoms with Gasteiger partial charge in [0.25, 0.3) is 0 Å². The fourth-order valence-electron chi connectivity index (χ4n) is 6.08. The number of para-hydroxylation sites is 1. The zero-order chi connectivity index (χ0) is 31.1. The highest BCUT2D eigenvalue weighted by Crippen LogP contribution is 2.51. The number of allylic oxidation sites excluding steroid dienone is 8. The topological polar surface area (TPSA) is 44.3 Å². The minimum atomic E-state index is 0.334. The van der Waals surface area contributed by atoms with Crippen LogP contribution in [0.4, 0.5) is 28.4 Å². The van der Waals surface area contributed by atoms with Crippen LogP contribution in [-0.2, 0) is 0 Å². The number of benzene rings is 3. The molecular weight excluding hydrogens is 562 g/mol. The van der Waals surface area contributed by atoms with Crippen molar-refractivity contribution < 1.29 is 0 Å².